The van der Waals surface area contributed by atoms with Crippen molar-refractivity contribution in [1.29, 1.82) is 0 Å². The highest BCUT2D eigenvalue weighted by Gasteiger charge is 2.34. The van der Waals surface area contributed by atoms with Crippen LogP contribution in [-0.2, 0) is 11.0 Å². The van der Waals surface area contributed by atoms with Gasteiger partial charge in [0.2, 0.25) is 5.91 Å². The van der Waals surface area contributed by atoms with Crippen LogP contribution in [0, 0.1) is 0 Å². The van der Waals surface area contributed by atoms with Gasteiger partial charge >= 0.3 is 6.18 Å². The molecule has 1 aromatic carbocycles. The van der Waals surface area contributed by atoms with Gasteiger partial charge in [0.05, 0.1) is 17.3 Å². The lowest BCUT2D eigenvalue weighted by atomic mass is 10.1. The van der Waals surface area contributed by atoms with E-state index >= 15 is 0 Å². The Morgan fingerprint density at radius 1 is 1.19 bits per heavy atom. The molecule has 116 valence electrons. The summed E-state index contributed by atoms with van der Waals surface area (Å²) in [4.78, 5) is 14.2. The molecular formula is C15H19F3N2O. The van der Waals surface area contributed by atoms with Gasteiger partial charge in [-0.2, -0.15) is 13.2 Å². The molecule has 3 nitrogen and oxygen atoms in total. The van der Waals surface area contributed by atoms with E-state index in [0.29, 0.717) is 0 Å². The quantitative estimate of drug-likeness (QED) is 0.926. The second-order valence-electron chi connectivity index (χ2n) is 5.31. The lowest BCUT2D eigenvalue weighted by Gasteiger charge is -2.31. The summed E-state index contributed by atoms with van der Waals surface area (Å²) in [5, 5.41) is 2.41. The van der Waals surface area contributed by atoms with Crippen molar-refractivity contribution in [1.82, 2.24) is 4.90 Å². The minimum absolute atomic E-state index is 0.182. The van der Waals surface area contributed by atoms with Crippen LogP contribution >= 0.6 is 0 Å². The molecule has 6 heteroatoms. The molecule has 21 heavy (non-hydrogen) atoms. The van der Waals surface area contributed by atoms with Crippen LogP contribution in [0.1, 0.15) is 31.7 Å². The lowest BCUT2D eigenvalue weighted by Crippen LogP contribution is -2.44. The number of benzene rings is 1. The average Bonchev–Trinajstić information content (AvgIpc) is 2.47. The van der Waals surface area contributed by atoms with E-state index in [1.165, 1.54) is 18.2 Å². The number of amides is 1. The maximum atomic E-state index is 12.9. The highest BCUT2D eigenvalue weighted by Crippen LogP contribution is 2.34. The predicted octanol–water partition coefficient (Wildman–Crippen LogP) is 3.52. The molecule has 0 saturated carbocycles. The van der Waals surface area contributed by atoms with E-state index < -0.39 is 23.7 Å². The van der Waals surface area contributed by atoms with Crippen molar-refractivity contribution in [3.8, 4) is 0 Å². The number of alkyl halides is 3. The van der Waals surface area contributed by atoms with Gasteiger partial charge in [0, 0.05) is 0 Å². The topological polar surface area (TPSA) is 32.3 Å². The number of carbonyl (C=O) groups is 1. The van der Waals surface area contributed by atoms with Crippen molar-refractivity contribution in [3.05, 3.63) is 29.8 Å². The molecule has 0 bridgehead atoms. The van der Waals surface area contributed by atoms with E-state index in [0.717, 1.165) is 38.4 Å². The lowest BCUT2D eigenvalue weighted by molar-refractivity contribution is -0.137. The second kappa shape index (κ2) is 6.47. The molecular weight excluding hydrogens is 281 g/mol. The first kappa shape index (κ1) is 15.8. The molecule has 1 aromatic rings. The number of rotatable bonds is 3. The summed E-state index contributed by atoms with van der Waals surface area (Å²) < 4.78 is 38.7. The zero-order valence-corrected chi connectivity index (χ0v) is 11.9. The maximum absolute atomic E-state index is 12.9. The molecule has 1 heterocycles. The van der Waals surface area contributed by atoms with Crippen LogP contribution < -0.4 is 5.32 Å². The van der Waals surface area contributed by atoms with E-state index in [-0.39, 0.29) is 5.69 Å². The fourth-order valence-corrected chi connectivity index (χ4v) is 2.55. The fraction of sp³-hybridized carbons (Fsp3) is 0.533. The number of likely N-dealkylation sites (tertiary alicyclic amines) is 1. The summed E-state index contributed by atoms with van der Waals surface area (Å²) in [6.07, 6.45) is -1.28. The zero-order valence-electron chi connectivity index (χ0n) is 11.9. The van der Waals surface area contributed by atoms with Gasteiger partial charge in [-0.1, -0.05) is 18.6 Å². The molecule has 1 amide bonds. The Labute approximate surface area is 122 Å². The third kappa shape index (κ3) is 3.97. The zero-order chi connectivity index (χ0) is 15.5. The number of hydrogen-bond acceptors (Lipinski definition) is 2. The summed E-state index contributed by atoms with van der Waals surface area (Å²) in [5.41, 5.74) is -0.997. The minimum Gasteiger partial charge on any atom is -0.324 e. The van der Waals surface area contributed by atoms with Gasteiger partial charge in [-0.3, -0.25) is 9.69 Å². The molecule has 1 saturated heterocycles. The number of piperidine rings is 1. The Morgan fingerprint density at radius 2 is 1.81 bits per heavy atom. The number of nitrogens with one attached hydrogen (secondary N) is 1. The molecule has 0 aliphatic carbocycles. The van der Waals surface area contributed by atoms with Gasteiger partial charge in [0.25, 0.3) is 0 Å². The number of nitrogens with zero attached hydrogens (tertiary/aromatic N) is 1. The van der Waals surface area contributed by atoms with Crippen LogP contribution in [0.25, 0.3) is 0 Å². The summed E-state index contributed by atoms with van der Waals surface area (Å²) in [7, 11) is 0. The van der Waals surface area contributed by atoms with Crippen molar-refractivity contribution in [2.45, 2.75) is 38.4 Å². The van der Waals surface area contributed by atoms with Gasteiger partial charge in [-0.05, 0) is 45.0 Å². The van der Waals surface area contributed by atoms with Crippen molar-refractivity contribution in [2.75, 3.05) is 18.4 Å². The Balaban J connectivity index is 2.09. The van der Waals surface area contributed by atoms with Crippen molar-refractivity contribution < 1.29 is 18.0 Å². The number of carbonyl (C=O) groups excluding carboxylic acids is 1. The summed E-state index contributed by atoms with van der Waals surface area (Å²) in [5.74, 6) is -0.395. The van der Waals surface area contributed by atoms with Crippen LogP contribution in [0.4, 0.5) is 18.9 Å². The molecule has 0 aromatic heterocycles. The molecule has 1 N–H and O–H groups in total. The first-order valence-electron chi connectivity index (χ1n) is 7.11. The maximum Gasteiger partial charge on any atom is 0.418 e. The SMILES string of the molecule is C[C@@H](C(=O)Nc1ccccc1C(F)(F)F)N1CCCCC1. The van der Waals surface area contributed by atoms with E-state index in [1.807, 2.05) is 4.90 Å². The van der Waals surface area contributed by atoms with Crippen LogP contribution in [0.3, 0.4) is 0 Å². The Morgan fingerprint density at radius 3 is 2.43 bits per heavy atom. The van der Waals surface area contributed by atoms with Crippen LogP contribution in [0.2, 0.25) is 0 Å². The predicted molar refractivity (Wildman–Crippen MR) is 75.0 cm³/mol. The summed E-state index contributed by atoms with van der Waals surface area (Å²) in [6, 6.07) is 4.62. The third-order valence-electron chi connectivity index (χ3n) is 3.81. The highest BCUT2D eigenvalue weighted by atomic mass is 19.4. The molecule has 0 unspecified atom stereocenters. The van der Waals surface area contributed by atoms with Gasteiger partial charge in [0.15, 0.2) is 0 Å². The fourth-order valence-electron chi connectivity index (χ4n) is 2.55. The molecule has 1 aliphatic heterocycles. The van der Waals surface area contributed by atoms with E-state index in [9.17, 15) is 18.0 Å². The Bertz CT molecular complexity index is 496. The molecule has 0 radical (unpaired) electrons. The Kier molecular flexibility index (Phi) is 4.88. The minimum atomic E-state index is -4.47. The van der Waals surface area contributed by atoms with E-state index in [1.54, 1.807) is 6.92 Å². The number of anilines is 1. The number of halogens is 3. The molecule has 1 atom stereocenters. The Hall–Kier alpha value is -1.56. The number of para-hydroxylation sites is 1. The van der Waals surface area contributed by atoms with Gasteiger partial charge < -0.3 is 5.32 Å². The first-order valence-corrected chi connectivity index (χ1v) is 7.11. The van der Waals surface area contributed by atoms with Crippen molar-refractivity contribution >= 4 is 11.6 Å². The summed E-state index contributed by atoms with van der Waals surface area (Å²) >= 11 is 0. The molecule has 2 rings (SSSR count). The van der Waals surface area contributed by atoms with E-state index in [2.05, 4.69) is 5.32 Å². The average molecular weight is 300 g/mol. The third-order valence-corrected chi connectivity index (χ3v) is 3.81. The first-order chi connectivity index (χ1) is 9.89. The van der Waals surface area contributed by atoms with Gasteiger partial charge in [-0.15, -0.1) is 0 Å². The van der Waals surface area contributed by atoms with Gasteiger partial charge in [0.1, 0.15) is 0 Å². The van der Waals surface area contributed by atoms with E-state index in [4.69, 9.17) is 0 Å². The molecule has 1 aliphatic rings. The van der Waals surface area contributed by atoms with Crippen LogP contribution in [-0.4, -0.2) is 29.9 Å². The molecule has 0 spiro atoms. The smallest absolute Gasteiger partial charge is 0.324 e. The van der Waals surface area contributed by atoms with Crippen LogP contribution in [0.15, 0.2) is 24.3 Å². The van der Waals surface area contributed by atoms with Crippen molar-refractivity contribution in [3.63, 3.8) is 0 Å². The van der Waals surface area contributed by atoms with Gasteiger partial charge in [-0.25, -0.2) is 0 Å². The largest absolute Gasteiger partial charge is 0.418 e. The number of hydrogen-bond donors (Lipinski definition) is 1. The highest BCUT2D eigenvalue weighted by molar-refractivity contribution is 5.95. The standard InChI is InChI=1S/C15H19F3N2O/c1-11(20-9-5-2-6-10-20)14(21)19-13-8-4-3-7-12(13)15(16,17)18/h3-4,7-8,11H,2,5-6,9-10H2,1H3,(H,19,21)/t11-/m0/s1. The van der Waals surface area contributed by atoms with Crippen molar-refractivity contribution in [2.24, 2.45) is 0 Å². The monoisotopic (exact) mass is 300 g/mol. The second-order valence-corrected chi connectivity index (χ2v) is 5.31. The molecule has 1 fully saturated rings. The van der Waals surface area contributed by atoms with Crippen LogP contribution in [0.5, 0.6) is 0 Å². The summed E-state index contributed by atoms with van der Waals surface area (Å²) in [6.45, 7) is 3.36. The normalized spacial score (nSPS) is 18.3.